The number of hydrogen-bond acceptors (Lipinski definition) is 11. The molecule has 0 aliphatic carbocycles. The summed E-state index contributed by atoms with van der Waals surface area (Å²) in [6, 6.07) is 11.5. The van der Waals surface area contributed by atoms with Crippen molar-refractivity contribution in [2.75, 3.05) is 0 Å². The molecule has 0 fully saturated rings. The Morgan fingerprint density at radius 3 is 1.93 bits per heavy atom. The molecule has 0 spiro atoms. The van der Waals surface area contributed by atoms with Gasteiger partial charge in [0, 0.05) is 41.5 Å². The average molecular weight is 609 g/mol. The van der Waals surface area contributed by atoms with E-state index in [9.17, 15) is 0 Å². The molecule has 3 aromatic heterocycles. The number of rotatable bonds is 3. The molecule has 30 heavy (non-hydrogen) atoms. The van der Waals surface area contributed by atoms with Crippen molar-refractivity contribution in [1.29, 1.82) is 0 Å². The van der Waals surface area contributed by atoms with E-state index in [1.165, 1.54) is 0 Å². The molecule has 0 saturated carbocycles. The third-order valence-corrected chi connectivity index (χ3v) is 3.06. The molecule has 0 unspecified atom stereocenters. The zero-order valence-corrected chi connectivity index (χ0v) is 17.7. The maximum atomic E-state index is 8.25. The molecule has 14 heteroatoms. The summed E-state index contributed by atoms with van der Waals surface area (Å²) in [5, 5.41) is 31.9. The van der Waals surface area contributed by atoms with Gasteiger partial charge >= 0.3 is 21.1 Å². The Balaban J connectivity index is 0.000000808. The Morgan fingerprint density at radius 2 is 1.40 bits per heavy atom. The minimum Gasteiger partial charge on any atom is -0.356 e. The van der Waals surface area contributed by atoms with E-state index in [-0.39, 0.29) is 21.1 Å². The molecule has 156 valence electrons. The number of aromatic nitrogens is 3. The van der Waals surface area contributed by atoms with Crippen molar-refractivity contribution < 1.29 is 31.2 Å². The van der Waals surface area contributed by atoms with Gasteiger partial charge in [0.2, 0.25) is 0 Å². The van der Waals surface area contributed by atoms with Gasteiger partial charge in [0.15, 0.2) is 5.82 Å². The summed E-state index contributed by atoms with van der Waals surface area (Å²) < 4.78 is 0. The van der Waals surface area contributed by atoms with E-state index in [0.29, 0.717) is 5.82 Å². The molecule has 0 N–H and O–H groups in total. The Kier molecular flexibility index (Phi) is 12.6. The molecule has 0 amide bonds. The van der Waals surface area contributed by atoms with Crippen LogP contribution in [-0.4, -0.2) is 30.3 Å². The quantitative estimate of drug-likeness (QED) is 0.184. The van der Waals surface area contributed by atoms with Crippen molar-refractivity contribution >= 4 is 23.2 Å². The molecule has 0 saturated heterocycles. The summed E-state index contributed by atoms with van der Waals surface area (Å²) in [7, 11) is 0. The summed E-state index contributed by atoms with van der Waals surface area (Å²) in [5.41, 5.74) is 3.57. The van der Waals surface area contributed by atoms with E-state index < -0.39 is 10.2 Å². The number of pyridine rings is 3. The summed E-state index contributed by atoms with van der Waals surface area (Å²) in [6.45, 7) is 0. The first-order valence-corrected chi connectivity index (χ1v) is 7.79. The van der Waals surface area contributed by atoms with Crippen LogP contribution in [0.2, 0.25) is 0 Å². The fourth-order valence-corrected chi connectivity index (χ4v) is 2.18. The summed E-state index contributed by atoms with van der Waals surface area (Å²) in [6.07, 6.45) is 6.96. The standard InChI is InChI=1S/C16H10N4S.2NO3.Pt/c21-11-20-16-14(6-3-9-19-16)15-13(5-2-8-18-15)12-4-1-7-17-10-12;2*2-1(3)4;/h1-10H;;;/q;2*-1;+2. The maximum Gasteiger partial charge on any atom is 2.00 e. The summed E-state index contributed by atoms with van der Waals surface area (Å²) in [4.78, 5) is 33.4. The molecule has 0 aromatic carbocycles. The second kappa shape index (κ2) is 14.4. The van der Waals surface area contributed by atoms with Crippen LogP contribution in [0, 0.1) is 30.6 Å². The van der Waals surface area contributed by atoms with Crippen LogP contribution < -0.4 is 0 Å². The number of thiocarbonyl (C=S) groups is 1. The number of nitrogens with zero attached hydrogens (tertiary/aromatic N) is 6. The summed E-state index contributed by atoms with van der Waals surface area (Å²) >= 11 is 4.68. The maximum absolute atomic E-state index is 8.25. The predicted molar refractivity (Wildman–Crippen MR) is 106 cm³/mol. The van der Waals surface area contributed by atoms with Crippen molar-refractivity contribution in [2.24, 2.45) is 4.99 Å². The molecule has 3 aromatic rings. The van der Waals surface area contributed by atoms with Crippen molar-refractivity contribution in [3.05, 3.63) is 91.8 Å². The fourth-order valence-electron chi connectivity index (χ4n) is 2.09. The van der Waals surface area contributed by atoms with Gasteiger partial charge in [-0.1, -0.05) is 12.1 Å². The van der Waals surface area contributed by atoms with Gasteiger partial charge in [0.25, 0.3) is 0 Å². The first-order chi connectivity index (χ1) is 13.9. The third-order valence-electron chi connectivity index (χ3n) is 2.97. The van der Waals surface area contributed by atoms with E-state index in [1.54, 1.807) is 24.8 Å². The predicted octanol–water partition coefficient (Wildman–Crippen LogP) is 3.46. The van der Waals surface area contributed by atoms with Crippen molar-refractivity contribution in [2.45, 2.75) is 0 Å². The van der Waals surface area contributed by atoms with Crippen LogP contribution in [0.4, 0.5) is 5.82 Å². The first-order valence-electron chi connectivity index (χ1n) is 7.38. The molecule has 0 radical (unpaired) electrons. The number of aliphatic imine (C=N–C) groups is 1. The smallest absolute Gasteiger partial charge is 0.356 e. The molecule has 0 atom stereocenters. The van der Waals surface area contributed by atoms with Crippen LogP contribution in [0.3, 0.4) is 0 Å². The largest absolute Gasteiger partial charge is 2.00 e. The molecule has 0 aliphatic rings. The second-order valence-electron chi connectivity index (χ2n) is 4.67. The van der Waals surface area contributed by atoms with E-state index in [1.807, 2.05) is 36.4 Å². The Labute approximate surface area is 188 Å². The van der Waals surface area contributed by atoms with Crippen molar-refractivity contribution in [3.63, 3.8) is 0 Å². The van der Waals surface area contributed by atoms with Crippen molar-refractivity contribution in [3.8, 4) is 22.4 Å². The average Bonchev–Trinajstić information content (AvgIpc) is 2.69. The van der Waals surface area contributed by atoms with Crippen LogP contribution in [-0.2, 0) is 21.1 Å². The van der Waals surface area contributed by atoms with Gasteiger partial charge in [0.1, 0.15) is 0 Å². The first kappa shape index (κ1) is 26.3. The topological polar surface area (TPSA) is 183 Å². The van der Waals surface area contributed by atoms with Crippen molar-refractivity contribution in [1.82, 2.24) is 15.0 Å². The van der Waals surface area contributed by atoms with E-state index >= 15 is 0 Å². The minimum atomic E-state index is -1.75. The zero-order valence-electron chi connectivity index (χ0n) is 14.6. The minimum absolute atomic E-state index is 0. The van der Waals surface area contributed by atoms with E-state index in [0.717, 1.165) is 22.4 Å². The molecular weight excluding hydrogens is 599 g/mol. The van der Waals surface area contributed by atoms with Gasteiger partial charge in [-0.25, -0.2) is 4.98 Å². The Morgan fingerprint density at radius 1 is 0.867 bits per heavy atom. The SMILES string of the molecule is O=[N+]([O-])[O-].O=[N+]([O-])[O-].S=C=Nc1ncccc1-c1ncccc1-c1cccnc1.[Pt+2]. The van der Waals surface area contributed by atoms with Crippen LogP contribution in [0.1, 0.15) is 0 Å². The van der Waals surface area contributed by atoms with Gasteiger partial charge in [-0.15, -0.1) is 0 Å². The van der Waals surface area contributed by atoms with E-state index in [2.05, 4.69) is 37.3 Å². The van der Waals surface area contributed by atoms with Gasteiger partial charge in [-0.3, -0.25) is 9.97 Å². The van der Waals surface area contributed by atoms with Gasteiger partial charge < -0.3 is 30.6 Å². The molecule has 0 bridgehead atoms. The van der Waals surface area contributed by atoms with Crippen LogP contribution >= 0.6 is 12.2 Å². The van der Waals surface area contributed by atoms with Crippen LogP contribution in [0.5, 0.6) is 0 Å². The Hall–Kier alpha value is -3.66. The normalized spacial score (nSPS) is 8.53. The fraction of sp³-hybridized carbons (Fsp3) is 0. The molecule has 0 aliphatic heterocycles. The monoisotopic (exact) mass is 609 g/mol. The Bertz CT molecular complexity index is 1000. The second-order valence-corrected chi connectivity index (χ2v) is 4.85. The van der Waals surface area contributed by atoms with Gasteiger partial charge in [-0.2, -0.15) is 4.99 Å². The van der Waals surface area contributed by atoms with Crippen LogP contribution in [0.25, 0.3) is 22.4 Å². The number of hydrogen-bond donors (Lipinski definition) is 0. The molecular formula is C16H10N6O6PtS. The molecule has 3 heterocycles. The molecule has 3 rings (SSSR count). The van der Waals surface area contributed by atoms with Gasteiger partial charge in [0.05, 0.1) is 21.0 Å². The van der Waals surface area contributed by atoms with Crippen LogP contribution in [0.15, 0.2) is 66.2 Å². The molecule has 12 nitrogen and oxygen atoms in total. The zero-order chi connectivity index (χ0) is 21.6. The number of isothiocyanates is 1. The van der Waals surface area contributed by atoms with Gasteiger partial charge in [-0.05, 0) is 36.5 Å². The van der Waals surface area contributed by atoms with E-state index in [4.69, 9.17) is 30.6 Å². The third kappa shape index (κ3) is 9.51. The summed E-state index contributed by atoms with van der Waals surface area (Å²) in [5.74, 6) is 0.511.